The Balaban J connectivity index is 2.11. The van der Waals surface area contributed by atoms with E-state index < -0.39 is 5.82 Å². The second kappa shape index (κ2) is 7.17. The van der Waals surface area contributed by atoms with E-state index in [0.717, 1.165) is 17.5 Å². The zero-order valence-electron chi connectivity index (χ0n) is 12.1. The molecule has 0 atom stereocenters. The molecule has 112 valence electrons. The number of aromatic nitrogens is 1. The fraction of sp³-hybridized carbons (Fsp3) is 0.333. The minimum atomic E-state index is -0.521. The third kappa shape index (κ3) is 3.78. The van der Waals surface area contributed by atoms with Crippen LogP contribution in [-0.4, -0.2) is 17.4 Å². The summed E-state index contributed by atoms with van der Waals surface area (Å²) < 4.78 is 13.3. The summed E-state index contributed by atoms with van der Waals surface area (Å²) in [4.78, 5) is 17.3. The molecule has 0 aromatic carbocycles. The molecule has 0 aliphatic heterocycles. The minimum absolute atomic E-state index is 0.228. The third-order valence-electron chi connectivity index (χ3n) is 3.07. The normalized spacial score (nSPS) is 10.4. The number of halogens is 1. The van der Waals surface area contributed by atoms with Crippen molar-refractivity contribution in [1.29, 1.82) is 0 Å². The standard InChI is InChI=1S/C15H18FN3OS/c1-3-10-5-6-21-13(10)9-19-15(20)12-7-11(16)8-18-14(12)17-4-2/h5-8H,3-4,9H2,1-2H3,(H,17,18)(H,19,20). The Labute approximate surface area is 127 Å². The Bertz CT molecular complexity index is 627. The van der Waals surface area contributed by atoms with Crippen molar-refractivity contribution in [1.82, 2.24) is 10.3 Å². The van der Waals surface area contributed by atoms with Gasteiger partial charge in [-0.15, -0.1) is 11.3 Å². The Hall–Kier alpha value is -1.95. The smallest absolute Gasteiger partial charge is 0.255 e. The van der Waals surface area contributed by atoms with Crippen LogP contribution >= 0.6 is 11.3 Å². The van der Waals surface area contributed by atoms with Gasteiger partial charge in [0.25, 0.3) is 5.91 Å². The van der Waals surface area contributed by atoms with Crippen molar-refractivity contribution in [2.24, 2.45) is 0 Å². The van der Waals surface area contributed by atoms with Crippen molar-refractivity contribution in [2.75, 3.05) is 11.9 Å². The van der Waals surface area contributed by atoms with Crippen LogP contribution in [0.25, 0.3) is 0 Å². The lowest BCUT2D eigenvalue weighted by Crippen LogP contribution is -2.24. The second-order valence-electron chi connectivity index (χ2n) is 4.49. The van der Waals surface area contributed by atoms with Crippen LogP contribution in [0.1, 0.15) is 34.6 Å². The number of aryl methyl sites for hydroxylation is 1. The maximum Gasteiger partial charge on any atom is 0.255 e. The van der Waals surface area contributed by atoms with Crippen LogP contribution in [-0.2, 0) is 13.0 Å². The van der Waals surface area contributed by atoms with Crippen LogP contribution in [0.4, 0.5) is 10.2 Å². The van der Waals surface area contributed by atoms with E-state index in [4.69, 9.17) is 0 Å². The molecule has 0 spiro atoms. The first kappa shape index (κ1) is 15.4. The molecule has 2 aromatic heterocycles. The zero-order valence-corrected chi connectivity index (χ0v) is 12.9. The van der Waals surface area contributed by atoms with Crippen molar-refractivity contribution in [2.45, 2.75) is 26.8 Å². The molecule has 21 heavy (non-hydrogen) atoms. The van der Waals surface area contributed by atoms with E-state index in [1.165, 1.54) is 11.6 Å². The summed E-state index contributed by atoms with van der Waals surface area (Å²) in [6.07, 6.45) is 2.03. The van der Waals surface area contributed by atoms with E-state index in [2.05, 4.69) is 28.6 Å². The number of nitrogens with one attached hydrogen (secondary N) is 2. The maximum absolute atomic E-state index is 13.3. The summed E-state index contributed by atoms with van der Waals surface area (Å²) in [5, 5.41) is 7.80. The summed E-state index contributed by atoms with van der Waals surface area (Å²) >= 11 is 1.61. The zero-order chi connectivity index (χ0) is 15.2. The molecule has 2 heterocycles. The molecule has 0 bridgehead atoms. The molecule has 4 nitrogen and oxygen atoms in total. The number of amides is 1. The molecule has 1 amide bonds. The largest absolute Gasteiger partial charge is 0.370 e. The lowest BCUT2D eigenvalue weighted by Gasteiger charge is -2.10. The van der Waals surface area contributed by atoms with Gasteiger partial charge in [-0.1, -0.05) is 6.92 Å². The van der Waals surface area contributed by atoms with Gasteiger partial charge in [0.15, 0.2) is 0 Å². The van der Waals surface area contributed by atoms with Crippen LogP contribution in [0, 0.1) is 5.82 Å². The van der Waals surface area contributed by atoms with E-state index in [9.17, 15) is 9.18 Å². The summed E-state index contributed by atoms with van der Waals surface area (Å²) in [6.45, 7) is 5.03. The molecule has 0 fully saturated rings. The number of thiophene rings is 1. The van der Waals surface area contributed by atoms with Gasteiger partial charge in [-0.05, 0) is 36.4 Å². The van der Waals surface area contributed by atoms with Gasteiger partial charge in [-0.2, -0.15) is 0 Å². The Kier molecular flexibility index (Phi) is 5.27. The third-order valence-corrected chi connectivity index (χ3v) is 4.03. The van der Waals surface area contributed by atoms with Crippen molar-refractivity contribution in [3.8, 4) is 0 Å². The number of hydrogen-bond donors (Lipinski definition) is 2. The molecule has 0 aliphatic carbocycles. The lowest BCUT2D eigenvalue weighted by molar-refractivity contribution is 0.0951. The number of hydrogen-bond acceptors (Lipinski definition) is 4. The van der Waals surface area contributed by atoms with Crippen molar-refractivity contribution >= 4 is 23.1 Å². The average molecular weight is 307 g/mol. The summed E-state index contributed by atoms with van der Waals surface area (Å²) in [7, 11) is 0. The first-order valence-corrected chi connectivity index (χ1v) is 7.76. The summed E-state index contributed by atoms with van der Waals surface area (Å²) in [6, 6.07) is 3.26. The molecule has 0 aliphatic rings. The fourth-order valence-electron chi connectivity index (χ4n) is 2.01. The van der Waals surface area contributed by atoms with Gasteiger partial charge in [0.1, 0.15) is 11.6 Å². The van der Waals surface area contributed by atoms with Crippen LogP contribution in [0.2, 0.25) is 0 Å². The highest BCUT2D eigenvalue weighted by atomic mass is 32.1. The van der Waals surface area contributed by atoms with E-state index in [0.29, 0.717) is 18.9 Å². The fourth-order valence-corrected chi connectivity index (χ4v) is 2.93. The first-order valence-electron chi connectivity index (χ1n) is 6.88. The van der Waals surface area contributed by atoms with Crippen LogP contribution in [0.3, 0.4) is 0 Å². The molecule has 0 saturated carbocycles. The molecular formula is C15H18FN3OS. The molecule has 2 N–H and O–H groups in total. The highest BCUT2D eigenvalue weighted by Gasteiger charge is 2.14. The van der Waals surface area contributed by atoms with Gasteiger partial charge in [-0.3, -0.25) is 4.79 Å². The van der Waals surface area contributed by atoms with Gasteiger partial charge in [-0.25, -0.2) is 9.37 Å². The van der Waals surface area contributed by atoms with E-state index in [-0.39, 0.29) is 11.5 Å². The maximum atomic E-state index is 13.3. The monoisotopic (exact) mass is 307 g/mol. The molecule has 0 saturated heterocycles. The SMILES string of the molecule is CCNc1ncc(F)cc1C(=O)NCc1sccc1CC. The van der Waals surface area contributed by atoms with Gasteiger partial charge < -0.3 is 10.6 Å². The highest BCUT2D eigenvalue weighted by Crippen LogP contribution is 2.18. The number of nitrogens with zero attached hydrogens (tertiary/aromatic N) is 1. The molecule has 6 heteroatoms. The molecular weight excluding hydrogens is 289 g/mol. The summed E-state index contributed by atoms with van der Waals surface area (Å²) in [5.74, 6) is -0.445. The van der Waals surface area contributed by atoms with Gasteiger partial charge >= 0.3 is 0 Å². The van der Waals surface area contributed by atoms with E-state index in [1.54, 1.807) is 11.3 Å². The lowest BCUT2D eigenvalue weighted by atomic mass is 10.2. The van der Waals surface area contributed by atoms with Gasteiger partial charge in [0, 0.05) is 11.4 Å². The molecule has 2 aromatic rings. The van der Waals surface area contributed by atoms with Crippen molar-refractivity contribution in [3.05, 3.63) is 45.5 Å². The number of carbonyl (C=O) groups is 1. The Morgan fingerprint density at radius 3 is 2.95 bits per heavy atom. The van der Waals surface area contributed by atoms with Crippen molar-refractivity contribution < 1.29 is 9.18 Å². The quantitative estimate of drug-likeness (QED) is 0.861. The van der Waals surface area contributed by atoms with Gasteiger partial charge in [0.2, 0.25) is 0 Å². The predicted octanol–water partition coefficient (Wildman–Crippen LogP) is 3.21. The molecule has 0 unspecified atom stereocenters. The van der Waals surface area contributed by atoms with Crippen LogP contribution in [0.5, 0.6) is 0 Å². The van der Waals surface area contributed by atoms with E-state index >= 15 is 0 Å². The van der Waals surface area contributed by atoms with Crippen molar-refractivity contribution in [3.63, 3.8) is 0 Å². The number of rotatable bonds is 6. The minimum Gasteiger partial charge on any atom is -0.370 e. The number of carbonyl (C=O) groups excluding carboxylic acids is 1. The Morgan fingerprint density at radius 2 is 2.24 bits per heavy atom. The van der Waals surface area contributed by atoms with Gasteiger partial charge in [0.05, 0.1) is 18.3 Å². The van der Waals surface area contributed by atoms with E-state index in [1.807, 2.05) is 12.3 Å². The van der Waals surface area contributed by atoms with Crippen LogP contribution in [0.15, 0.2) is 23.7 Å². The predicted molar refractivity (Wildman–Crippen MR) is 83.2 cm³/mol. The Morgan fingerprint density at radius 1 is 1.43 bits per heavy atom. The highest BCUT2D eigenvalue weighted by molar-refractivity contribution is 7.10. The topological polar surface area (TPSA) is 54.0 Å². The molecule has 2 rings (SSSR count). The number of anilines is 1. The average Bonchev–Trinajstić information content (AvgIpc) is 2.94. The second-order valence-corrected chi connectivity index (χ2v) is 5.49. The summed E-state index contributed by atoms with van der Waals surface area (Å²) in [5.41, 5.74) is 1.45. The first-order chi connectivity index (χ1) is 10.2. The van der Waals surface area contributed by atoms with Crippen LogP contribution < -0.4 is 10.6 Å². The number of pyridine rings is 1. The molecule has 0 radical (unpaired) electrons.